The number of imidazole rings is 1. The van der Waals surface area contributed by atoms with E-state index in [4.69, 9.17) is 0 Å². The van der Waals surface area contributed by atoms with Crippen LogP contribution in [0.25, 0.3) is 22.8 Å². The Hall–Kier alpha value is -3.70. The van der Waals surface area contributed by atoms with Crippen LogP contribution in [0.3, 0.4) is 0 Å². The van der Waals surface area contributed by atoms with Gasteiger partial charge in [0.1, 0.15) is 5.52 Å². The summed E-state index contributed by atoms with van der Waals surface area (Å²) in [6, 6.07) is 5.13. The highest BCUT2D eigenvalue weighted by Gasteiger charge is 2.30. The van der Waals surface area contributed by atoms with Crippen molar-refractivity contribution in [3.8, 4) is 11.6 Å². The van der Waals surface area contributed by atoms with Gasteiger partial charge < -0.3 is 9.88 Å². The van der Waals surface area contributed by atoms with Gasteiger partial charge in [0.15, 0.2) is 11.5 Å². The van der Waals surface area contributed by atoms with Crippen molar-refractivity contribution in [2.75, 3.05) is 5.32 Å². The SMILES string of the molecule is C[C@@H](Nc1nc(-c2noc(=O)[nH]2)nc2ncn(Cc3ccc(C(F)(F)F)cc3)c12)C1CCC1. The van der Waals surface area contributed by atoms with Gasteiger partial charge in [-0.05, 0) is 43.4 Å². The molecule has 1 aliphatic rings. The Kier molecular flexibility index (Phi) is 5.14. The number of H-pyrrole nitrogens is 1. The van der Waals surface area contributed by atoms with Crippen LogP contribution in [0.2, 0.25) is 0 Å². The Morgan fingerprint density at radius 1 is 1.24 bits per heavy atom. The number of benzene rings is 1. The molecule has 1 atom stereocenters. The Morgan fingerprint density at radius 2 is 2.00 bits per heavy atom. The first-order chi connectivity index (χ1) is 15.8. The van der Waals surface area contributed by atoms with E-state index >= 15 is 0 Å². The maximum atomic E-state index is 12.9. The molecule has 1 fully saturated rings. The third-order valence-electron chi connectivity index (χ3n) is 5.98. The predicted octanol–water partition coefficient (Wildman–Crippen LogP) is 3.84. The summed E-state index contributed by atoms with van der Waals surface area (Å²) in [5.74, 6) is 0.521. The fourth-order valence-corrected chi connectivity index (χ4v) is 3.90. The van der Waals surface area contributed by atoms with Crippen molar-refractivity contribution < 1.29 is 17.7 Å². The lowest BCUT2D eigenvalue weighted by Gasteiger charge is -2.32. The predicted molar refractivity (Wildman–Crippen MR) is 112 cm³/mol. The molecule has 0 saturated heterocycles. The monoisotopic (exact) mass is 459 g/mol. The maximum absolute atomic E-state index is 12.9. The summed E-state index contributed by atoms with van der Waals surface area (Å²) in [6.45, 7) is 2.36. The van der Waals surface area contributed by atoms with E-state index in [0.717, 1.165) is 25.0 Å². The standard InChI is InChI=1S/C21H20F3N7O2/c1-11(13-3-2-4-13)26-17-15-16(27-18(28-17)19-29-20(32)33-30-19)25-10-31(15)9-12-5-7-14(8-6-12)21(22,23)24/h5-8,10-11,13H,2-4,9H2,1H3,(H,26,27,28)(H,29,30,32)/t11-/m1/s1. The number of hydrogen-bond acceptors (Lipinski definition) is 7. The summed E-state index contributed by atoms with van der Waals surface area (Å²) >= 11 is 0. The number of alkyl halides is 3. The van der Waals surface area contributed by atoms with Crippen molar-refractivity contribution in [1.82, 2.24) is 29.7 Å². The summed E-state index contributed by atoms with van der Waals surface area (Å²) in [4.78, 5) is 27.1. The molecule has 5 rings (SSSR count). The van der Waals surface area contributed by atoms with E-state index in [-0.39, 0.29) is 24.2 Å². The smallest absolute Gasteiger partial charge is 0.365 e. The molecule has 0 radical (unpaired) electrons. The number of aromatic amines is 1. The van der Waals surface area contributed by atoms with Crippen LogP contribution in [0, 0.1) is 5.92 Å². The van der Waals surface area contributed by atoms with Gasteiger partial charge in [0, 0.05) is 12.6 Å². The van der Waals surface area contributed by atoms with E-state index in [1.807, 2.05) is 0 Å². The maximum Gasteiger partial charge on any atom is 0.439 e. The van der Waals surface area contributed by atoms with E-state index in [0.29, 0.717) is 28.5 Å². The molecule has 33 heavy (non-hydrogen) atoms. The molecule has 9 nitrogen and oxygen atoms in total. The van der Waals surface area contributed by atoms with Crippen molar-refractivity contribution in [3.63, 3.8) is 0 Å². The minimum Gasteiger partial charge on any atom is -0.365 e. The molecule has 4 aromatic rings. The molecule has 2 N–H and O–H groups in total. The summed E-state index contributed by atoms with van der Waals surface area (Å²) in [6.07, 6.45) is 0.605. The lowest BCUT2D eigenvalue weighted by Crippen LogP contribution is -2.31. The number of aromatic nitrogens is 6. The van der Waals surface area contributed by atoms with Crippen LogP contribution < -0.4 is 11.1 Å². The molecule has 1 aliphatic carbocycles. The molecule has 1 aromatic carbocycles. The Labute approximate surface area is 185 Å². The summed E-state index contributed by atoms with van der Waals surface area (Å²) in [5, 5.41) is 7.09. The Bertz CT molecular complexity index is 1340. The molecule has 0 amide bonds. The molecule has 3 aromatic heterocycles. The van der Waals surface area contributed by atoms with E-state index in [2.05, 4.69) is 41.9 Å². The van der Waals surface area contributed by atoms with Crippen molar-refractivity contribution in [2.24, 2.45) is 5.92 Å². The van der Waals surface area contributed by atoms with Crippen LogP contribution in [0.4, 0.5) is 19.0 Å². The fraction of sp³-hybridized carbons (Fsp3) is 0.381. The van der Waals surface area contributed by atoms with Crippen molar-refractivity contribution in [3.05, 3.63) is 52.3 Å². The molecule has 0 bridgehead atoms. The molecule has 172 valence electrons. The highest BCUT2D eigenvalue weighted by Crippen LogP contribution is 2.33. The Balaban J connectivity index is 1.53. The van der Waals surface area contributed by atoms with Gasteiger partial charge in [0.05, 0.1) is 11.9 Å². The normalized spacial score (nSPS) is 15.5. The number of nitrogens with one attached hydrogen (secondary N) is 2. The van der Waals surface area contributed by atoms with Crippen LogP contribution in [0.5, 0.6) is 0 Å². The highest BCUT2D eigenvalue weighted by molar-refractivity contribution is 5.85. The topological polar surface area (TPSA) is 115 Å². The Morgan fingerprint density at radius 3 is 2.61 bits per heavy atom. The molecule has 0 unspecified atom stereocenters. The van der Waals surface area contributed by atoms with Crippen LogP contribution in [-0.4, -0.2) is 35.7 Å². The van der Waals surface area contributed by atoms with Crippen molar-refractivity contribution in [2.45, 2.75) is 44.9 Å². The third-order valence-corrected chi connectivity index (χ3v) is 5.98. The van der Waals surface area contributed by atoms with E-state index < -0.39 is 17.5 Å². The molecule has 1 saturated carbocycles. The largest absolute Gasteiger partial charge is 0.439 e. The summed E-state index contributed by atoms with van der Waals surface area (Å²) in [7, 11) is 0. The number of hydrogen-bond donors (Lipinski definition) is 2. The van der Waals surface area contributed by atoms with Gasteiger partial charge in [-0.3, -0.25) is 9.51 Å². The number of rotatable bonds is 6. The lowest BCUT2D eigenvalue weighted by molar-refractivity contribution is -0.137. The number of nitrogens with zero attached hydrogens (tertiary/aromatic N) is 5. The second-order valence-corrected chi connectivity index (χ2v) is 8.20. The van der Waals surface area contributed by atoms with Crippen molar-refractivity contribution in [1.29, 1.82) is 0 Å². The number of halogens is 3. The fourth-order valence-electron chi connectivity index (χ4n) is 3.90. The van der Waals surface area contributed by atoms with Crippen LogP contribution in [-0.2, 0) is 12.7 Å². The van der Waals surface area contributed by atoms with E-state index in [1.165, 1.54) is 18.6 Å². The summed E-state index contributed by atoms with van der Waals surface area (Å²) < 4.78 is 45.0. The quantitative estimate of drug-likeness (QED) is 0.450. The van der Waals surface area contributed by atoms with Crippen LogP contribution >= 0.6 is 0 Å². The molecule has 3 heterocycles. The number of anilines is 1. The van der Waals surface area contributed by atoms with Crippen LogP contribution in [0.1, 0.15) is 37.3 Å². The van der Waals surface area contributed by atoms with Gasteiger partial charge in [0.2, 0.25) is 11.6 Å². The first kappa shape index (κ1) is 21.2. The minimum atomic E-state index is -4.39. The second-order valence-electron chi connectivity index (χ2n) is 8.20. The molecule has 0 spiro atoms. The third kappa shape index (κ3) is 4.20. The van der Waals surface area contributed by atoms with Gasteiger partial charge in [-0.1, -0.05) is 23.7 Å². The van der Waals surface area contributed by atoms with Crippen LogP contribution in [0.15, 0.2) is 39.9 Å². The van der Waals surface area contributed by atoms with Gasteiger partial charge in [0.25, 0.3) is 0 Å². The highest BCUT2D eigenvalue weighted by atomic mass is 19.4. The second kappa shape index (κ2) is 8.01. The van der Waals surface area contributed by atoms with E-state index in [9.17, 15) is 18.0 Å². The number of fused-ring (bicyclic) bond motifs is 1. The van der Waals surface area contributed by atoms with Gasteiger partial charge in [-0.15, -0.1) is 0 Å². The zero-order valence-electron chi connectivity index (χ0n) is 17.6. The molecular weight excluding hydrogens is 439 g/mol. The van der Waals surface area contributed by atoms with E-state index in [1.54, 1.807) is 10.9 Å². The zero-order chi connectivity index (χ0) is 23.2. The molecule has 0 aliphatic heterocycles. The van der Waals surface area contributed by atoms with Gasteiger partial charge in [-0.25, -0.2) is 19.7 Å². The lowest BCUT2D eigenvalue weighted by atomic mass is 9.80. The molecular formula is C21H20F3N7O2. The summed E-state index contributed by atoms with van der Waals surface area (Å²) in [5.41, 5.74) is 0.938. The van der Waals surface area contributed by atoms with Gasteiger partial charge >= 0.3 is 11.9 Å². The first-order valence-electron chi connectivity index (χ1n) is 10.5. The van der Waals surface area contributed by atoms with Crippen molar-refractivity contribution >= 4 is 17.0 Å². The average Bonchev–Trinajstić information content (AvgIpc) is 3.33. The van der Waals surface area contributed by atoms with Gasteiger partial charge in [-0.2, -0.15) is 13.2 Å². The average molecular weight is 459 g/mol. The minimum absolute atomic E-state index is 0.0820. The zero-order valence-corrected chi connectivity index (χ0v) is 17.6. The first-order valence-corrected chi connectivity index (χ1v) is 10.5. The molecule has 12 heteroatoms.